The first-order valence-electron chi connectivity index (χ1n) is 8.16. The summed E-state index contributed by atoms with van der Waals surface area (Å²) in [6.45, 7) is 0.0816. The molecule has 0 saturated heterocycles. The Hall–Kier alpha value is -3.24. The molecule has 0 aliphatic heterocycles. The van der Waals surface area contributed by atoms with Gasteiger partial charge in [0.2, 0.25) is 15.9 Å². The number of nitro benzene ring substituents is 1. The second-order valence-corrected chi connectivity index (χ2v) is 7.32. The van der Waals surface area contributed by atoms with E-state index >= 15 is 0 Å². The Bertz CT molecular complexity index is 971. The van der Waals surface area contributed by atoms with Gasteiger partial charge < -0.3 is 10.1 Å². The van der Waals surface area contributed by atoms with Gasteiger partial charge in [-0.25, -0.2) is 13.1 Å². The van der Waals surface area contributed by atoms with Crippen molar-refractivity contribution in [3.63, 3.8) is 0 Å². The van der Waals surface area contributed by atoms with E-state index in [1.807, 2.05) is 0 Å². The van der Waals surface area contributed by atoms with Crippen LogP contribution in [0.5, 0.6) is 5.75 Å². The third-order valence-electron chi connectivity index (χ3n) is 3.59. The fourth-order valence-electron chi connectivity index (χ4n) is 2.18. The molecule has 0 spiro atoms. The highest BCUT2D eigenvalue weighted by Crippen LogP contribution is 2.15. The number of carbonyl (C=O) groups is 1. The van der Waals surface area contributed by atoms with E-state index in [1.54, 1.807) is 6.07 Å². The lowest BCUT2D eigenvalue weighted by Crippen LogP contribution is -2.34. The van der Waals surface area contributed by atoms with Gasteiger partial charge in [0.1, 0.15) is 5.75 Å². The van der Waals surface area contributed by atoms with Crippen molar-refractivity contribution in [2.75, 3.05) is 20.2 Å². The summed E-state index contributed by atoms with van der Waals surface area (Å²) in [7, 11) is -2.21. The largest absolute Gasteiger partial charge is 0.497 e. The lowest BCUT2D eigenvalue weighted by Gasteiger charge is -2.08. The van der Waals surface area contributed by atoms with Crippen LogP contribution in [-0.4, -0.2) is 39.4 Å². The van der Waals surface area contributed by atoms with Gasteiger partial charge in [-0.2, -0.15) is 0 Å². The van der Waals surface area contributed by atoms with Crippen molar-refractivity contribution in [2.24, 2.45) is 0 Å². The Morgan fingerprint density at radius 3 is 2.54 bits per heavy atom. The first-order valence-corrected chi connectivity index (χ1v) is 9.64. The number of hydrogen-bond donors (Lipinski definition) is 2. The Morgan fingerprint density at radius 2 is 1.89 bits per heavy atom. The molecule has 0 aliphatic carbocycles. The molecular weight excluding hydrogens is 386 g/mol. The minimum Gasteiger partial charge on any atom is -0.497 e. The fourth-order valence-corrected chi connectivity index (χ4v) is 3.21. The highest BCUT2D eigenvalue weighted by molar-refractivity contribution is 7.89. The number of hydrogen-bond acceptors (Lipinski definition) is 6. The number of amides is 1. The lowest BCUT2D eigenvalue weighted by atomic mass is 10.2. The van der Waals surface area contributed by atoms with Crippen LogP contribution < -0.4 is 14.8 Å². The van der Waals surface area contributed by atoms with Gasteiger partial charge in [0, 0.05) is 31.3 Å². The van der Waals surface area contributed by atoms with Crippen molar-refractivity contribution in [1.82, 2.24) is 10.0 Å². The number of carbonyl (C=O) groups excluding carboxylic acids is 1. The summed E-state index contributed by atoms with van der Waals surface area (Å²) in [4.78, 5) is 22.1. The number of methoxy groups -OCH3 is 1. The van der Waals surface area contributed by atoms with Crippen LogP contribution in [0.1, 0.15) is 5.56 Å². The Labute approximate surface area is 162 Å². The van der Waals surface area contributed by atoms with E-state index < -0.39 is 20.9 Å². The molecule has 0 radical (unpaired) electrons. The third-order valence-corrected chi connectivity index (χ3v) is 5.07. The maximum Gasteiger partial charge on any atom is 0.270 e. The molecule has 2 rings (SSSR count). The van der Waals surface area contributed by atoms with Gasteiger partial charge in [0.25, 0.3) is 5.69 Å². The van der Waals surface area contributed by atoms with Gasteiger partial charge in [-0.15, -0.1) is 0 Å². The first-order chi connectivity index (χ1) is 13.3. The Morgan fingerprint density at radius 1 is 1.18 bits per heavy atom. The van der Waals surface area contributed by atoms with E-state index in [0.29, 0.717) is 11.3 Å². The molecule has 0 aliphatic rings. The number of benzene rings is 2. The van der Waals surface area contributed by atoms with Crippen molar-refractivity contribution < 1.29 is 22.9 Å². The molecule has 0 fully saturated rings. The molecule has 9 nitrogen and oxygen atoms in total. The van der Waals surface area contributed by atoms with Crippen molar-refractivity contribution in [2.45, 2.75) is 4.90 Å². The molecule has 0 saturated carbocycles. The van der Waals surface area contributed by atoms with Crippen LogP contribution in [0, 0.1) is 10.1 Å². The van der Waals surface area contributed by atoms with E-state index in [-0.39, 0.29) is 23.7 Å². The van der Waals surface area contributed by atoms with Gasteiger partial charge in [0.15, 0.2) is 0 Å². The predicted octanol–water partition coefficient (Wildman–Crippen LogP) is 1.71. The number of nitro groups is 1. The zero-order valence-electron chi connectivity index (χ0n) is 15.0. The molecule has 0 atom stereocenters. The number of rotatable bonds is 9. The molecule has 0 aromatic heterocycles. The summed E-state index contributed by atoms with van der Waals surface area (Å²) in [6.07, 6.45) is 2.65. The molecule has 1 amide bonds. The highest BCUT2D eigenvalue weighted by Gasteiger charge is 2.13. The van der Waals surface area contributed by atoms with Crippen molar-refractivity contribution in [3.8, 4) is 5.75 Å². The van der Waals surface area contributed by atoms with E-state index in [1.165, 1.54) is 61.7 Å². The average Bonchev–Trinajstić information content (AvgIpc) is 2.70. The summed E-state index contributed by atoms with van der Waals surface area (Å²) in [5.41, 5.74) is 0.431. The quantitative estimate of drug-likeness (QED) is 0.283. The first kappa shape index (κ1) is 21.1. The van der Waals surface area contributed by atoms with Crippen molar-refractivity contribution in [3.05, 3.63) is 70.3 Å². The summed E-state index contributed by atoms with van der Waals surface area (Å²) < 4.78 is 31.6. The molecule has 10 heteroatoms. The molecule has 0 heterocycles. The highest BCUT2D eigenvalue weighted by atomic mass is 32.2. The monoisotopic (exact) mass is 405 g/mol. The zero-order chi connectivity index (χ0) is 20.6. The van der Waals surface area contributed by atoms with Gasteiger partial charge in [-0.3, -0.25) is 14.9 Å². The number of nitrogens with zero attached hydrogens (tertiary/aromatic N) is 1. The van der Waals surface area contributed by atoms with Crippen molar-refractivity contribution >= 4 is 27.7 Å². The van der Waals surface area contributed by atoms with Crippen molar-refractivity contribution in [1.29, 1.82) is 0 Å². The van der Waals surface area contributed by atoms with Crippen LogP contribution in [0.3, 0.4) is 0 Å². The second-order valence-electron chi connectivity index (χ2n) is 5.55. The Kier molecular flexibility index (Phi) is 7.24. The summed E-state index contributed by atoms with van der Waals surface area (Å²) >= 11 is 0. The van der Waals surface area contributed by atoms with Crippen LogP contribution in [0.25, 0.3) is 6.08 Å². The molecular formula is C18H19N3O6S. The Balaban J connectivity index is 1.81. The maximum atomic E-state index is 12.1. The molecule has 2 N–H and O–H groups in total. The summed E-state index contributed by atoms with van der Waals surface area (Å²) in [5.74, 6) is 0.0944. The van der Waals surface area contributed by atoms with Gasteiger partial charge in [0.05, 0.1) is 16.9 Å². The average molecular weight is 405 g/mol. The predicted molar refractivity (Wildman–Crippen MR) is 103 cm³/mol. The van der Waals surface area contributed by atoms with Gasteiger partial charge in [-0.1, -0.05) is 12.1 Å². The van der Waals surface area contributed by atoms with Crippen LogP contribution in [0.2, 0.25) is 0 Å². The van der Waals surface area contributed by atoms with E-state index in [9.17, 15) is 23.3 Å². The standard InChI is InChI=1S/C18H19N3O6S/c1-27-16-6-8-17(9-7-16)28(25,26)20-12-11-19-18(22)10-5-14-3-2-4-15(13-14)21(23)24/h2-10,13,20H,11-12H2,1H3,(H,19,22)/b10-5+. The molecule has 0 unspecified atom stereocenters. The van der Waals surface area contributed by atoms with Crippen LogP contribution in [0.15, 0.2) is 59.5 Å². The molecule has 0 bridgehead atoms. The summed E-state index contributed by atoms with van der Waals surface area (Å²) in [6, 6.07) is 11.7. The molecule has 2 aromatic carbocycles. The van der Waals surface area contributed by atoms with Gasteiger partial charge >= 0.3 is 0 Å². The summed E-state index contributed by atoms with van der Waals surface area (Å²) in [5, 5.41) is 13.2. The topological polar surface area (TPSA) is 128 Å². The second kappa shape index (κ2) is 9.62. The lowest BCUT2D eigenvalue weighted by molar-refractivity contribution is -0.384. The molecule has 148 valence electrons. The SMILES string of the molecule is COc1ccc(S(=O)(=O)NCCNC(=O)/C=C/c2cccc([N+](=O)[O-])c2)cc1. The van der Waals surface area contributed by atoms with Crippen LogP contribution in [0.4, 0.5) is 5.69 Å². The number of ether oxygens (including phenoxy) is 1. The van der Waals surface area contributed by atoms with E-state index in [2.05, 4.69) is 10.0 Å². The number of sulfonamides is 1. The number of non-ortho nitro benzene ring substituents is 1. The molecule has 2 aromatic rings. The minimum absolute atomic E-state index is 0.00471. The maximum absolute atomic E-state index is 12.1. The van der Waals surface area contributed by atoms with Gasteiger partial charge in [-0.05, 0) is 35.9 Å². The molecule has 28 heavy (non-hydrogen) atoms. The normalized spacial score (nSPS) is 11.3. The van der Waals surface area contributed by atoms with Crippen LogP contribution >= 0.6 is 0 Å². The van der Waals surface area contributed by atoms with E-state index in [4.69, 9.17) is 4.74 Å². The fraction of sp³-hybridized carbons (Fsp3) is 0.167. The minimum atomic E-state index is -3.69. The van der Waals surface area contributed by atoms with E-state index in [0.717, 1.165) is 0 Å². The zero-order valence-corrected chi connectivity index (χ0v) is 15.8. The third kappa shape index (κ3) is 6.18. The van der Waals surface area contributed by atoms with Crippen LogP contribution in [-0.2, 0) is 14.8 Å². The smallest absolute Gasteiger partial charge is 0.270 e. The number of nitrogens with one attached hydrogen (secondary N) is 2.